The third kappa shape index (κ3) is 1.58. The first-order valence-electron chi connectivity index (χ1n) is 6.66. The normalized spacial score (nSPS) is 21.9. The lowest BCUT2D eigenvalue weighted by Gasteiger charge is -2.34. The lowest BCUT2D eigenvalue weighted by Crippen LogP contribution is -2.42. The van der Waals surface area contributed by atoms with Crippen LogP contribution < -0.4 is 10.2 Å². The Morgan fingerprint density at radius 3 is 2.47 bits per heavy atom. The molecule has 0 radical (unpaired) electrons. The van der Waals surface area contributed by atoms with Crippen LogP contribution in [0, 0.1) is 13.8 Å². The van der Waals surface area contributed by atoms with Gasteiger partial charge in [0.1, 0.15) is 0 Å². The van der Waals surface area contributed by atoms with Crippen LogP contribution in [0.2, 0.25) is 0 Å². The van der Waals surface area contributed by atoms with Crippen molar-refractivity contribution in [3.63, 3.8) is 0 Å². The lowest BCUT2D eigenvalue weighted by atomic mass is 9.74. The average Bonchev–Trinajstić information content (AvgIpc) is 2.55. The van der Waals surface area contributed by atoms with E-state index >= 15 is 0 Å². The fraction of sp³-hybridized carbons (Fsp3) is 0.600. The summed E-state index contributed by atoms with van der Waals surface area (Å²) in [5.74, 6) is 0. The maximum Gasteiger partial charge on any atom is 0.0405 e. The molecule has 2 heteroatoms. The molecule has 0 bridgehead atoms. The highest BCUT2D eigenvalue weighted by molar-refractivity contribution is 5.65. The quantitative estimate of drug-likeness (QED) is 0.736. The molecule has 0 atom stereocenters. The van der Waals surface area contributed by atoms with Crippen LogP contribution in [0.25, 0.3) is 0 Å². The van der Waals surface area contributed by atoms with Crippen LogP contribution in [0.4, 0.5) is 5.69 Å². The van der Waals surface area contributed by atoms with Gasteiger partial charge in [0.25, 0.3) is 0 Å². The van der Waals surface area contributed by atoms with Gasteiger partial charge < -0.3 is 10.2 Å². The molecule has 0 aliphatic carbocycles. The van der Waals surface area contributed by atoms with E-state index in [4.69, 9.17) is 0 Å². The largest absolute Gasteiger partial charge is 0.373 e. The van der Waals surface area contributed by atoms with E-state index in [-0.39, 0.29) is 0 Å². The number of aryl methyl sites for hydroxylation is 2. The molecule has 1 N–H and O–H groups in total. The molecule has 2 aliphatic heterocycles. The van der Waals surface area contributed by atoms with E-state index in [2.05, 4.69) is 43.2 Å². The Morgan fingerprint density at radius 1 is 1.12 bits per heavy atom. The molecule has 1 aromatic rings. The minimum absolute atomic E-state index is 0.424. The highest BCUT2D eigenvalue weighted by atomic mass is 15.1. The number of nitrogens with zero attached hydrogens (tertiary/aromatic N) is 1. The maximum atomic E-state index is 3.49. The van der Waals surface area contributed by atoms with Crippen LogP contribution in [-0.2, 0) is 5.41 Å². The van der Waals surface area contributed by atoms with Gasteiger partial charge in [-0.25, -0.2) is 0 Å². The molecule has 0 unspecified atom stereocenters. The van der Waals surface area contributed by atoms with Crippen LogP contribution in [-0.4, -0.2) is 26.7 Å². The maximum absolute atomic E-state index is 3.49. The molecule has 17 heavy (non-hydrogen) atoms. The monoisotopic (exact) mass is 230 g/mol. The second kappa shape index (κ2) is 3.74. The fourth-order valence-electron chi connectivity index (χ4n) is 3.50. The van der Waals surface area contributed by atoms with Gasteiger partial charge in [0.05, 0.1) is 0 Å². The Morgan fingerprint density at radius 2 is 1.76 bits per heavy atom. The van der Waals surface area contributed by atoms with Crippen molar-refractivity contribution in [3.05, 3.63) is 28.8 Å². The highest BCUT2D eigenvalue weighted by Gasteiger charge is 2.42. The Labute approximate surface area is 104 Å². The summed E-state index contributed by atoms with van der Waals surface area (Å²) in [6.45, 7) is 7.99. The van der Waals surface area contributed by atoms with E-state index in [0.717, 1.165) is 0 Å². The number of rotatable bonds is 0. The van der Waals surface area contributed by atoms with Crippen LogP contribution in [0.1, 0.15) is 29.5 Å². The molecule has 1 fully saturated rings. The molecule has 1 aromatic carbocycles. The van der Waals surface area contributed by atoms with E-state index in [9.17, 15) is 0 Å². The van der Waals surface area contributed by atoms with Crippen molar-refractivity contribution in [2.45, 2.75) is 32.1 Å². The fourth-order valence-corrected chi connectivity index (χ4v) is 3.50. The first kappa shape index (κ1) is 11.1. The summed E-state index contributed by atoms with van der Waals surface area (Å²) in [6, 6.07) is 4.82. The van der Waals surface area contributed by atoms with E-state index in [1.165, 1.54) is 49.3 Å². The zero-order chi connectivity index (χ0) is 12.0. The van der Waals surface area contributed by atoms with Gasteiger partial charge in [-0.1, -0.05) is 6.07 Å². The van der Waals surface area contributed by atoms with Crippen molar-refractivity contribution in [1.29, 1.82) is 0 Å². The Hall–Kier alpha value is -1.02. The molecule has 92 valence electrons. The van der Waals surface area contributed by atoms with Crippen molar-refractivity contribution in [3.8, 4) is 0 Å². The number of piperidine rings is 1. The third-order valence-corrected chi connectivity index (χ3v) is 4.70. The molecule has 2 nitrogen and oxygen atoms in total. The van der Waals surface area contributed by atoms with Gasteiger partial charge in [-0.2, -0.15) is 0 Å². The standard InChI is InChI=1S/C15H22N2/c1-11-8-13-14(9-12(11)2)17(3)10-15(13)4-6-16-7-5-15/h8-9,16H,4-7,10H2,1-3H3. The van der Waals surface area contributed by atoms with E-state index in [0.29, 0.717) is 5.41 Å². The number of anilines is 1. The van der Waals surface area contributed by atoms with Crippen molar-refractivity contribution in [2.24, 2.45) is 0 Å². The van der Waals surface area contributed by atoms with Crippen molar-refractivity contribution in [2.75, 3.05) is 31.6 Å². The number of likely N-dealkylation sites (N-methyl/N-ethyl adjacent to an activating group) is 1. The molecule has 2 aliphatic rings. The second-order valence-electron chi connectivity index (χ2n) is 5.84. The van der Waals surface area contributed by atoms with Gasteiger partial charge in [0.15, 0.2) is 0 Å². The van der Waals surface area contributed by atoms with Crippen molar-refractivity contribution >= 4 is 5.69 Å². The molecule has 0 amide bonds. The minimum atomic E-state index is 0.424. The van der Waals surface area contributed by atoms with Crippen LogP contribution >= 0.6 is 0 Å². The Balaban J connectivity index is 2.11. The first-order valence-corrected chi connectivity index (χ1v) is 6.66. The smallest absolute Gasteiger partial charge is 0.0405 e. The minimum Gasteiger partial charge on any atom is -0.373 e. The molecule has 3 rings (SSSR count). The number of fused-ring (bicyclic) bond motifs is 2. The molecular weight excluding hydrogens is 208 g/mol. The SMILES string of the molecule is Cc1cc2c(cc1C)C1(CCNCC1)CN2C. The summed E-state index contributed by atoms with van der Waals surface area (Å²) >= 11 is 0. The van der Waals surface area contributed by atoms with Crippen molar-refractivity contribution in [1.82, 2.24) is 5.32 Å². The van der Waals surface area contributed by atoms with Crippen LogP contribution in [0.15, 0.2) is 12.1 Å². The molecule has 2 heterocycles. The Kier molecular flexibility index (Phi) is 2.44. The molecule has 1 saturated heterocycles. The highest BCUT2D eigenvalue weighted by Crippen LogP contribution is 2.46. The van der Waals surface area contributed by atoms with Gasteiger partial charge in [0, 0.05) is 24.7 Å². The van der Waals surface area contributed by atoms with Gasteiger partial charge in [-0.3, -0.25) is 0 Å². The zero-order valence-corrected chi connectivity index (χ0v) is 11.1. The van der Waals surface area contributed by atoms with Gasteiger partial charge in [0.2, 0.25) is 0 Å². The lowest BCUT2D eigenvalue weighted by molar-refractivity contribution is 0.327. The number of hydrogen-bond donors (Lipinski definition) is 1. The first-order chi connectivity index (χ1) is 8.12. The molecular formula is C15H22N2. The molecule has 0 aromatic heterocycles. The predicted molar refractivity (Wildman–Crippen MR) is 73.0 cm³/mol. The second-order valence-corrected chi connectivity index (χ2v) is 5.84. The number of benzene rings is 1. The number of hydrogen-bond acceptors (Lipinski definition) is 2. The summed E-state index contributed by atoms with van der Waals surface area (Å²) in [5, 5.41) is 3.49. The third-order valence-electron chi connectivity index (χ3n) is 4.70. The average molecular weight is 230 g/mol. The summed E-state index contributed by atoms with van der Waals surface area (Å²) in [4.78, 5) is 2.45. The summed E-state index contributed by atoms with van der Waals surface area (Å²) < 4.78 is 0. The van der Waals surface area contributed by atoms with Crippen molar-refractivity contribution < 1.29 is 0 Å². The zero-order valence-electron chi connectivity index (χ0n) is 11.1. The predicted octanol–water partition coefficient (Wildman–Crippen LogP) is 2.37. The van der Waals surface area contributed by atoms with Gasteiger partial charge >= 0.3 is 0 Å². The van der Waals surface area contributed by atoms with Crippen LogP contribution in [0.3, 0.4) is 0 Å². The summed E-state index contributed by atoms with van der Waals surface area (Å²) in [7, 11) is 2.24. The molecule has 1 spiro atoms. The summed E-state index contributed by atoms with van der Waals surface area (Å²) in [5.41, 5.74) is 6.35. The van der Waals surface area contributed by atoms with Gasteiger partial charge in [-0.05, 0) is 62.5 Å². The Bertz CT molecular complexity index is 444. The number of nitrogens with one attached hydrogen (secondary N) is 1. The van der Waals surface area contributed by atoms with Crippen LogP contribution in [0.5, 0.6) is 0 Å². The molecule has 0 saturated carbocycles. The summed E-state index contributed by atoms with van der Waals surface area (Å²) in [6.07, 6.45) is 2.57. The topological polar surface area (TPSA) is 15.3 Å². The van der Waals surface area contributed by atoms with E-state index in [1.807, 2.05) is 0 Å². The van der Waals surface area contributed by atoms with E-state index < -0.39 is 0 Å². The van der Waals surface area contributed by atoms with Gasteiger partial charge in [-0.15, -0.1) is 0 Å². The van der Waals surface area contributed by atoms with E-state index in [1.54, 1.807) is 5.56 Å².